The zero-order valence-electron chi connectivity index (χ0n) is 17.5. The Morgan fingerprint density at radius 1 is 1.19 bits per heavy atom. The van der Waals surface area contributed by atoms with E-state index in [9.17, 15) is 18.8 Å². The van der Waals surface area contributed by atoms with Gasteiger partial charge in [-0.25, -0.2) is 4.39 Å². The van der Waals surface area contributed by atoms with Crippen LogP contribution in [-0.2, 0) is 20.9 Å². The van der Waals surface area contributed by atoms with Crippen molar-refractivity contribution >= 4 is 50.9 Å². The molecule has 2 amide bonds. The Hall–Kier alpha value is -2.65. The van der Waals surface area contributed by atoms with Crippen LogP contribution in [0, 0.1) is 11.7 Å². The molecular formula is C23H21BrFNO5S. The van der Waals surface area contributed by atoms with Crippen molar-refractivity contribution in [2.24, 2.45) is 5.92 Å². The molecule has 1 fully saturated rings. The summed E-state index contributed by atoms with van der Waals surface area (Å²) in [6.07, 6.45) is 1.55. The SMILES string of the molecule is CC(C)COC(=O)CN1C(=O)S/C(=C\c2cc(Br)ccc2OCc2ccc(F)cc2)C1=O. The van der Waals surface area contributed by atoms with Gasteiger partial charge in [0.1, 0.15) is 24.7 Å². The first-order chi connectivity index (χ1) is 15.2. The van der Waals surface area contributed by atoms with E-state index < -0.39 is 23.7 Å². The van der Waals surface area contributed by atoms with Crippen LogP contribution in [0.25, 0.3) is 6.08 Å². The quantitative estimate of drug-likeness (QED) is 0.342. The van der Waals surface area contributed by atoms with E-state index in [0.29, 0.717) is 11.3 Å². The average molecular weight is 522 g/mol. The van der Waals surface area contributed by atoms with Crippen molar-refractivity contribution < 1.29 is 28.2 Å². The molecule has 0 unspecified atom stereocenters. The predicted molar refractivity (Wildman–Crippen MR) is 123 cm³/mol. The minimum atomic E-state index is -0.631. The maximum Gasteiger partial charge on any atom is 0.326 e. The summed E-state index contributed by atoms with van der Waals surface area (Å²) in [6, 6.07) is 11.2. The van der Waals surface area contributed by atoms with E-state index in [1.807, 2.05) is 13.8 Å². The number of hydrogen-bond acceptors (Lipinski definition) is 6. The van der Waals surface area contributed by atoms with Crippen LogP contribution >= 0.6 is 27.7 Å². The average Bonchev–Trinajstić information content (AvgIpc) is 3.00. The smallest absolute Gasteiger partial charge is 0.326 e. The molecule has 1 saturated heterocycles. The second-order valence-corrected chi connectivity index (χ2v) is 9.35. The summed E-state index contributed by atoms with van der Waals surface area (Å²) in [5, 5.41) is -0.536. The Morgan fingerprint density at radius 2 is 1.91 bits per heavy atom. The highest BCUT2D eigenvalue weighted by Crippen LogP contribution is 2.35. The summed E-state index contributed by atoms with van der Waals surface area (Å²) in [4.78, 5) is 38.0. The van der Waals surface area contributed by atoms with Crippen molar-refractivity contribution in [3.8, 4) is 5.75 Å². The number of hydrogen-bond donors (Lipinski definition) is 0. The van der Waals surface area contributed by atoms with E-state index >= 15 is 0 Å². The molecule has 1 aliphatic heterocycles. The number of rotatable bonds is 8. The Balaban J connectivity index is 1.74. The molecule has 6 nitrogen and oxygen atoms in total. The number of thioether (sulfide) groups is 1. The first-order valence-electron chi connectivity index (χ1n) is 9.80. The molecule has 0 bridgehead atoms. The number of carbonyl (C=O) groups excluding carboxylic acids is 3. The van der Waals surface area contributed by atoms with E-state index in [1.165, 1.54) is 12.1 Å². The Bertz CT molecular complexity index is 1050. The fourth-order valence-electron chi connectivity index (χ4n) is 2.72. The number of benzene rings is 2. The third-order valence-corrected chi connectivity index (χ3v) is 5.71. The molecule has 0 N–H and O–H groups in total. The molecule has 0 atom stereocenters. The lowest BCUT2D eigenvalue weighted by molar-refractivity contribution is -0.147. The summed E-state index contributed by atoms with van der Waals surface area (Å²) in [7, 11) is 0. The van der Waals surface area contributed by atoms with Gasteiger partial charge < -0.3 is 9.47 Å². The lowest BCUT2D eigenvalue weighted by Gasteiger charge is -2.13. The highest BCUT2D eigenvalue weighted by atomic mass is 79.9. The number of halogens is 2. The fourth-order valence-corrected chi connectivity index (χ4v) is 3.93. The monoisotopic (exact) mass is 521 g/mol. The van der Waals surface area contributed by atoms with E-state index in [2.05, 4.69) is 15.9 Å². The van der Waals surface area contributed by atoms with Gasteiger partial charge in [-0.3, -0.25) is 19.3 Å². The van der Waals surface area contributed by atoms with Gasteiger partial charge in [0.15, 0.2) is 0 Å². The minimum absolute atomic E-state index is 0.152. The van der Waals surface area contributed by atoms with Crippen molar-refractivity contribution in [2.45, 2.75) is 20.5 Å². The van der Waals surface area contributed by atoms with Crippen LogP contribution in [0.3, 0.4) is 0 Å². The molecule has 0 radical (unpaired) electrons. The molecule has 1 heterocycles. The molecular weight excluding hydrogens is 501 g/mol. The number of amides is 2. The molecule has 0 aromatic heterocycles. The lowest BCUT2D eigenvalue weighted by Crippen LogP contribution is -2.34. The van der Waals surface area contributed by atoms with Crippen LogP contribution in [0.2, 0.25) is 0 Å². The van der Waals surface area contributed by atoms with Gasteiger partial charge in [-0.2, -0.15) is 0 Å². The molecule has 0 spiro atoms. The number of esters is 1. The molecule has 32 heavy (non-hydrogen) atoms. The van der Waals surface area contributed by atoms with Crippen molar-refractivity contribution in [3.05, 3.63) is 68.8 Å². The van der Waals surface area contributed by atoms with Gasteiger partial charge in [0, 0.05) is 10.0 Å². The zero-order valence-corrected chi connectivity index (χ0v) is 19.9. The van der Waals surface area contributed by atoms with Gasteiger partial charge in [0.25, 0.3) is 11.1 Å². The van der Waals surface area contributed by atoms with Crippen LogP contribution in [0.15, 0.2) is 51.8 Å². The topological polar surface area (TPSA) is 72.9 Å². The minimum Gasteiger partial charge on any atom is -0.488 e. The van der Waals surface area contributed by atoms with Crippen LogP contribution in [0.4, 0.5) is 9.18 Å². The van der Waals surface area contributed by atoms with Crippen LogP contribution in [0.1, 0.15) is 25.0 Å². The summed E-state index contributed by atoms with van der Waals surface area (Å²) < 4.78 is 24.8. The van der Waals surface area contributed by atoms with Gasteiger partial charge in [-0.15, -0.1) is 0 Å². The van der Waals surface area contributed by atoms with Crippen molar-refractivity contribution in [1.82, 2.24) is 4.90 Å². The Morgan fingerprint density at radius 3 is 2.59 bits per heavy atom. The number of ether oxygens (including phenoxy) is 2. The Kier molecular flexibility index (Phi) is 8.09. The first-order valence-corrected chi connectivity index (χ1v) is 11.4. The molecule has 2 aromatic rings. The fraction of sp³-hybridized carbons (Fsp3) is 0.261. The number of nitrogens with zero attached hydrogens (tertiary/aromatic N) is 1. The van der Waals surface area contributed by atoms with E-state index in [4.69, 9.17) is 9.47 Å². The van der Waals surface area contributed by atoms with E-state index in [-0.39, 0.29) is 29.9 Å². The van der Waals surface area contributed by atoms with Crippen LogP contribution < -0.4 is 4.74 Å². The maximum atomic E-state index is 13.1. The van der Waals surface area contributed by atoms with Crippen molar-refractivity contribution in [3.63, 3.8) is 0 Å². The summed E-state index contributed by atoms with van der Waals surface area (Å²) in [5.41, 5.74) is 1.36. The second-order valence-electron chi connectivity index (χ2n) is 7.44. The van der Waals surface area contributed by atoms with Gasteiger partial charge in [-0.1, -0.05) is 41.9 Å². The number of carbonyl (C=O) groups is 3. The second kappa shape index (κ2) is 10.8. The third-order valence-electron chi connectivity index (χ3n) is 4.30. The van der Waals surface area contributed by atoms with Gasteiger partial charge in [0.2, 0.25) is 0 Å². The molecule has 3 rings (SSSR count). The highest BCUT2D eigenvalue weighted by molar-refractivity contribution is 9.10. The van der Waals surface area contributed by atoms with Crippen molar-refractivity contribution in [1.29, 1.82) is 0 Å². The molecule has 168 valence electrons. The van der Waals surface area contributed by atoms with Crippen LogP contribution in [0.5, 0.6) is 5.75 Å². The largest absolute Gasteiger partial charge is 0.488 e. The maximum absolute atomic E-state index is 13.1. The lowest BCUT2D eigenvalue weighted by atomic mass is 10.1. The summed E-state index contributed by atoms with van der Waals surface area (Å²) >= 11 is 4.15. The summed E-state index contributed by atoms with van der Waals surface area (Å²) in [6.45, 7) is 3.78. The predicted octanol–water partition coefficient (Wildman–Crippen LogP) is 5.40. The van der Waals surface area contributed by atoms with Gasteiger partial charge >= 0.3 is 5.97 Å². The molecule has 1 aliphatic rings. The summed E-state index contributed by atoms with van der Waals surface area (Å²) in [5.74, 6) is -0.889. The normalized spacial score (nSPS) is 15.0. The van der Waals surface area contributed by atoms with E-state index in [0.717, 1.165) is 26.7 Å². The van der Waals surface area contributed by atoms with E-state index in [1.54, 1.807) is 36.4 Å². The molecule has 0 aliphatic carbocycles. The molecule has 2 aromatic carbocycles. The Labute approximate surface area is 197 Å². The van der Waals surface area contributed by atoms with Crippen LogP contribution in [-0.4, -0.2) is 35.2 Å². The first kappa shape index (κ1) is 24.0. The van der Waals surface area contributed by atoms with Crippen molar-refractivity contribution in [2.75, 3.05) is 13.2 Å². The highest BCUT2D eigenvalue weighted by Gasteiger charge is 2.36. The van der Waals surface area contributed by atoms with Gasteiger partial charge in [-0.05, 0) is 59.7 Å². The third kappa shape index (κ3) is 6.43. The zero-order chi connectivity index (χ0) is 23.3. The standard InChI is InChI=1S/C23H21BrFNO5S/c1-14(2)12-31-21(27)11-26-22(28)20(32-23(26)29)10-16-9-17(24)5-8-19(16)30-13-15-3-6-18(25)7-4-15/h3-10,14H,11-13H2,1-2H3/b20-10-. The number of imide groups is 1. The molecule has 0 saturated carbocycles. The van der Waals surface area contributed by atoms with Gasteiger partial charge in [0.05, 0.1) is 11.5 Å². The molecule has 9 heteroatoms.